The molecule has 0 fully saturated rings. The van der Waals surface area contributed by atoms with Gasteiger partial charge in [0.1, 0.15) is 0 Å². The van der Waals surface area contributed by atoms with Gasteiger partial charge in [-0.3, -0.25) is 13.9 Å². The second-order valence-corrected chi connectivity index (χ2v) is 6.49. The predicted molar refractivity (Wildman–Crippen MR) is 83.7 cm³/mol. The van der Waals surface area contributed by atoms with Crippen LogP contribution in [0.4, 0.5) is 5.95 Å². The number of hydrogen-bond donors (Lipinski definition) is 2. The normalized spacial score (nSPS) is 12.3. The summed E-state index contributed by atoms with van der Waals surface area (Å²) in [6, 6.07) is 0. The van der Waals surface area contributed by atoms with E-state index >= 15 is 0 Å². The Kier molecular flexibility index (Phi) is 3.69. The summed E-state index contributed by atoms with van der Waals surface area (Å²) >= 11 is 0. The molecule has 0 aromatic carbocycles. The first-order valence-electron chi connectivity index (χ1n) is 7.04. The number of nitrogens with zero attached hydrogens (tertiary/aromatic N) is 3. The van der Waals surface area contributed by atoms with Gasteiger partial charge in [0.2, 0.25) is 5.95 Å². The van der Waals surface area contributed by atoms with E-state index in [1.165, 1.54) is 11.6 Å². The lowest BCUT2D eigenvalue weighted by atomic mass is 9.81. The highest BCUT2D eigenvalue weighted by Gasteiger charge is 2.22. The molecule has 0 unspecified atom stereocenters. The SMILES string of the molecule is CC(C)C(C)(C)CNc1nc2c([nH]1)c(=O)n(C)c(=O)n2C. The summed E-state index contributed by atoms with van der Waals surface area (Å²) < 4.78 is 2.44. The lowest BCUT2D eigenvalue weighted by Crippen LogP contribution is -2.36. The quantitative estimate of drug-likeness (QED) is 0.882. The van der Waals surface area contributed by atoms with Gasteiger partial charge in [-0.1, -0.05) is 27.7 Å². The standard InChI is InChI=1S/C14H23N5O2/c1-8(2)14(3,4)7-15-12-16-9-10(17-12)18(5)13(21)19(6)11(9)20/h8H,7H2,1-6H3,(H2,15,16,17). The van der Waals surface area contributed by atoms with E-state index in [-0.39, 0.29) is 16.7 Å². The molecule has 21 heavy (non-hydrogen) atoms. The van der Waals surface area contributed by atoms with E-state index in [4.69, 9.17) is 0 Å². The van der Waals surface area contributed by atoms with E-state index in [2.05, 4.69) is 43.0 Å². The van der Waals surface area contributed by atoms with Crippen LogP contribution in [0.5, 0.6) is 0 Å². The zero-order valence-electron chi connectivity index (χ0n) is 13.4. The number of aromatic nitrogens is 4. The molecule has 0 radical (unpaired) electrons. The van der Waals surface area contributed by atoms with Gasteiger partial charge in [0, 0.05) is 20.6 Å². The van der Waals surface area contributed by atoms with Crippen LogP contribution in [0.25, 0.3) is 11.2 Å². The van der Waals surface area contributed by atoms with E-state index in [1.807, 2.05) is 0 Å². The van der Waals surface area contributed by atoms with Crippen LogP contribution in [0.2, 0.25) is 0 Å². The smallest absolute Gasteiger partial charge is 0.332 e. The van der Waals surface area contributed by atoms with Crippen LogP contribution >= 0.6 is 0 Å². The lowest BCUT2D eigenvalue weighted by Gasteiger charge is -2.29. The van der Waals surface area contributed by atoms with Gasteiger partial charge in [0.25, 0.3) is 5.56 Å². The summed E-state index contributed by atoms with van der Waals surface area (Å²) in [5, 5.41) is 3.22. The average Bonchev–Trinajstić information content (AvgIpc) is 2.85. The third-order valence-electron chi connectivity index (χ3n) is 4.37. The van der Waals surface area contributed by atoms with Crippen LogP contribution in [0.1, 0.15) is 27.7 Å². The Labute approximate surface area is 123 Å². The van der Waals surface area contributed by atoms with Crippen LogP contribution in [0, 0.1) is 11.3 Å². The van der Waals surface area contributed by atoms with Gasteiger partial charge in [-0.2, -0.15) is 4.98 Å². The fraction of sp³-hybridized carbons (Fsp3) is 0.643. The number of hydrogen-bond acceptors (Lipinski definition) is 4. The highest BCUT2D eigenvalue weighted by atomic mass is 16.2. The Morgan fingerprint density at radius 1 is 1.24 bits per heavy atom. The monoisotopic (exact) mass is 293 g/mol. The molecule has 0 amide bonds. The van der Waals surface area contributed by atoms with E-state index in [0.717, 1.165) is 11.1 Å². The Hall–Kier alpha value is -2.05. The maximum atomic E-state index is 12.1. The van der Waals surface area contributed by atoms with E-state index in [9.17, 15) is 9.59 Å². The van der Waals surface area contributed by atoms with Crippen molar-refractivity contribution in [2.24, 2.45) is 25.4 Å². The molecule has 0 bridgehead atoms. The first kappa shape index (κ1) is 15.3. The fourth-order valence-electron chi connectivity index (χ4n) is 1.93. The van der Waals surface area contributed by atoms with Crippen LogP contribution in [-0.2, 0) is 14.1 Å². The maximum absolute atomic E-state index is 12.1. The number of H-pyrrole nitrogens is 1. The van der Waals surface area contributed by atoms with Gasteiger partial charge in [0.15, 0.2) is 11.2 Å². The van der Waals surface area contributed by atoms with Crippen molar-refractivity contribution in [1.82, 2.24) is 19.1 Å². The van der Waals surface area contributed by atoms with E-state index < -0.39 is 0 Å². The highest BCUT2D eigenvalue weighted by Crippen LogP contribution is 2.26. The number of fused-ring (bicyclic) bond motifs is 1. The summed E-state index contributed by atoms with van der Waals surface area (Å²) in [5.41, 5.74) is 0.0535. The van der Waals surface area contributed by atoms with Crippen LogP contribution in [-0.4, -0.2) is 25.6 Å². The second-order valence-electron chi connectivity index (χ2n) is 6.49. The topological polar surface area (TPSA) is 84.7 Å². The Morgan fingerprint density at radius 3 is 2.43 bits per heavy atom. The number of imidazole rings is 1. The number of aryl methyl sites for hydroxylation is 1. The van der Waals surface area contributed by atoms with Crippen molar-refractivity contribution in [2.75, 3.05) is 11.9 Å². The van der Waals surface area contributed by atoms with Crippen molar-refractivity contribution < 1.29 is 0 Å². The largest absolute Gasteiger partial charge is 0.355 e. The van der Waals surface area contributed by atoms with Gasteiger partial charge >= 0.3 is 5.69 Å². The molecule has 0 aliphatic carbocycles. The van der Waals surface area contributed by atoms with Crippen LogP contribution in [0.3, 0.4) is 0 Å². The highest BCUT2D eigenvalue weighted by molar-refractivity contribution is 5.72. The predicted octanol–water partition coefficient (Wildman–Crippen LogP) is 1.05. The van der Waals surface area contributed by atoms with Crippen LogP contribution < -0.4 is 16.6 Å². The third-order valence-corrected chi connectivity index (χ3v) is 4.37. The molecule has 0 aliphatic rings. The Balaban J connectivity index is 2.41. The fourth-order valence-corrected chi connectivity index (χ4v) is 1.93. The molecule has 0 atom stereocenters. The molecular weight excluding hydrogens is 270 g/mol. The molecule has 0 spiro atoms. The van der Waals surface area contributed by atoms with Crippen molar-refractivity contribution in [3.63, 3.8) is 0 Å². The summed E-state index contributed by atoms with van der Waals surface area (Å²) in [4.78, 5) is 31.2. The molecule has 2 N–H and O–H groups in total. The van der Waals surface area contributed by atoms with Gasteiger partial charge < -0.3 is 10.3 Å². The van der Waals surface area contributed by atoms with Gasteiger partial charge in [-0.05, 0) is 11.3 Å². The molecule has 7 nitrogen and oxygen atoms in total. The molecule has 0 saturated heterocycles. The van der Waals surface area contributed by atoms with Gasteiger partial charge in [-0.15, -0.1) is 0 Å². The molecule has 2 aromatic heterocycles. The average molecular weight is 293 g/mol. The van der Waals surface area contributed by atoms with Gasteiger partial charge in [0.05, 0.1) is 0 Å². The van der Waals surface area contributed by atoms with Crippen LogP contribution in [0.15, 0.2) is 9.59 Å². The van der Waals surface area contributed by atoms with Crippen molar-refractivity contribution >= 4 is 17.1 Å². The molecule has 0 aliphatic heterocycles. The molecule has 2 rings (SSSR count). The summed E-state index contributed by atoms with van der Waals surface area (Å²) in [6.45, 7) is 9.39. The zero-order valence-corrected chi connectivity index (χ0v) is 13.4. The van der Waals surface area contributed by atoms with Gasteiger partial charge in [-0.25, -0.2) is 4.79 Å². The van der Waals surface area contributed by atoms with E-state index in [1.54, 1.807) is 7.05 Å². The lowest BCUT2D eigenvalue weighted by molar-refractivity contribution is 0.269. The molecule has 116 valence electrons. The molecule has 0 saturated carbocycles. The Bertz CT molecular complexity index is 779. The maximum Gasteiger partial charge on any atom is 0.332 e. The molecule has 2 heterocycles. The third kappa shape index (κ3) is 2.59. The number of aromatic amines is 1. The Morgan fingerprint density at radius 2 is 1.86 bits per heavy atom. The second kappa shape index (κ2) is 5.05. The number of anilines is 1. The van der Waals surface area contributed by atoms with Crippen molar-refractivity contribution in [3.8, 4) is 0 Å². The van der Waals surface area contributed by atoms with Crippen molar-refractivity contribution in [2.45, 2.75) is 27.7 Å². The number of nitrogens with one attached hydrogen (secondary N) is 2. The minimum Gasteiger partial charge on any atom is -0.355 e. The zero-order chi connectivity index (χ0) is 15.9. The molecule has 7 heteroatoms. The van der Waals surface area contributed by atoms with Crippen molar-refractivity contribution in [3.05, 3.63) is 20.8 Å². The molecular formula is C14H23N5O2. The first-order chi connectivity index (χ1) is 9.65. The summed E-state index contributed by atoms with van der Waals surface area (Å²) in [7, 11) is 3.06. The minimum absolute atomic E-state index is 0.0931. The van der Waals surface area contributed by atoms with Crippen molar-refractivity contribution in [1.29, 1.82) is 0 Å². The molecule has 2 aromatic rings. The summed E-state index contributed by atoms with van der Waals surface area (Å²) in [5.74, 6) is 1.02. The summed E-state index contributed by atoms with van der Waals surface area (Å²) in [6.07, 6.45) is 0. The minimum atomic E-state index is -0.381. The van der Waals surface area contributed by atoms with E-state index in [0.29, 0.717) is 23.0 Å². The first-order valence-corrected chi connectivity index (χ1v) is 7.04. The number of rotatable bonds is 4.